The van der Waals surface area contributed by atoms with Gasteiger partial charge in [0.25, 0.3) is 5.91 Å². The zero-order chi connectivity index (χ0) is 17.6. The Hall–Kier alpha value is -3.34. The van der Waals surface area contributed by atoms with Crippen LogP contribution in [0.3, 0.4) is 0 Å². The average Bonchev–Trinajstić information content (AvgIpc) is 2.68. The van der Waals surface area contributed by atoms with Gasteiger partial charge < -0.3 is 9.47 Å². The van der Waals surface area contributed by atoms with Gasteiger partial charge in [-0.25, -0.2) is 5.43 Å². The quantitative estimate of drug-likeness (QED) is 0.573. The highest BCUT2D eigenvalue weighted by Crippen LogP contribution is 2.27. The molecule has 0 bridgehead atoms. The van der Waals surface area contributed by atoms with E-state index in [9.17, 15) is 4.79 Å². The van der Waals surface area contributed by atoms with Crippen molar-refractivity contribution in [3.8, 4) is 11.5 Å². The minimum Gasteiger partial charge on any atom is -0.497 e. The van der Waals surface area contributed by atoms with E-state index in [1.54, 1.807) is 44.7 Å². The lowest BCUT2D eigenvalue weighted by atomic mass is 10.0. The molecule has 1 amide bonds. The van der Waals surface area contributed by atoms with Crippen LogP contribution in [0, 0.1) is 0 Å². The first-order valence-electron chi connectivity index (χ1n) is 7.76. The Kier molecular flexibility index (Phi) is 4.95. The van der Waals surface area contributed by atoms with Gasteiger partial charge in [-0.05, 0) is 41.8 Å². The zero-order valence-electron chi connectivity index (χ0n) is 14.0. The van der Waals surface area contributed by atoms with Crippen molar-refractivity contribution in [1.29, 1.82) is 0 Å². The van der Waals surface area contributed by atoms with Crippen molar-refractivity contribution in [3.05, 3.63) is 71.8 Å². The normalized spacial score (nSPS) is 10.8. The van der Waals surface area contributed by atoms with Gasteiger partial charge >= 0.3 is 0 Å². The molecule has 3 aromatic carbocycles. The Morgan fingerprint density at radius 2 is 1.64 bits per heavy atom. The van der Waals surface area contributed by atoms with Crippen LogP contribution in [0.2, 0.25) is 0 Å². The molecule has 0 saturated heterocycles. The Morgan fingerprint density at radius 3 is 2.32 bits per heavy atom. The fourth-order valence-corrected chi connectivity index (χ4v) is 2.55. The number of benzene rings is 3. The first kappa shape index (κ1) is 16.5. The Labute approximate surface area is 145 Å². The summed E-state index contributed by atoms with van der Waals surface area (Å²) >= 11 is 0. The third kappa shape index (κ3) is 3.61. The van der Waals surface area contributed by atoms with E-state index in [1.807, 2.05) is 36.4 Å². The van der Waals surface area contributed by atoms with Crippen molar-refractivity contribution in [3.63, 3.8) is 0 Å². The van der Waals surface area contributed by atoms with Gasteiger partial charge in [-0.2, -0.15) is 5.10 Å². The van der Waals surface area contributed by atoms with Gasteiger partial charge in [-0.3, -0.25) is 4.79 Å². The zero-order valence-corrected chi connectivity index (χ0v) is 14.0. The molecular formula is C20H18N2O3. The monoisotopic (exact) mass is 334 g/mol. The summed E-state index contributed by atoms with van der Waals surface area (Å²) in [7, 11) is 3.23. The predicted molar refractivity (Wildman–Crippen MR) is 98.6 cm³/mol. The summed E-state index contributed by atoms with van der Waals surface area (Å²) in [6.45, 7) is 0. The molecule has 5 heteroatoms. The van der Waals surface area contributed by atoms with Crippen LogP contribution in [0.1, 0.15) is 15.9 Å². The van der Waals surface area contributed by atoms with Crippen molar-refractivity contribution in [2.45, 2.75) is 0 Å². The number of rotatable bonds is 5. The molecule has 0 saturated carbocycles. The maximum absolute atomic E-state index is 12.1. The number of methoxy groups -OCH3 is 2. The van der Waals surface area contributed by atoms with E-state index in [0.717, 1.165) is 22.1 Å². The van der Waals surface area contributed by atoms with Crippen LogP contribution >= 0.6 is 0 Å². The van der Waals surface area contributed by atoms with E-state index in [2.05, 4.69) is 10.5 Å². The van der Waals surface area contributed by atoms with E-state index in [4.69, 9.17) is 9.47 Å². The molecule has 126 valence electrons. The molecule has 5 nitrogen and oxygen atoms in total. The van der Waals surface area contributed by atoms with Crippen molar-refractivity contribution in [2.24, 2.45) is 5.10 Å². The summed E-state index contributed by atoms with van der Waals surface area (Å²) in [6, 6.07) is 18.5. The van der Waals surface area contributed by atoms with Gasteiger partial charge in [0.15, 0.2) is 0 Å². The Bertz CT molecular complexity index is 918. The number of nitrogens with one attached hydrogen (secondary N) is 1. The second-order valence-electron chi connectivity index (χ2n) is 5.33. The van der Waals surface area contributed by atoms with Crippen LogP contribution in [0.5, 0.6) is 11.5 Å². The fourth-order valence-electron chi connectivity index (χ4n) is 2.55. The van der Waals surface area contributed by atoms with Crippen molar-refractivity contribution >= 4 is 22.9 Å². The molecule has 0 aromatic heterocycles. The number of hydrazone groups is 1. The smallest absolute Gasteiger partial charge is 0.271 e. The van der Waals surface area contributed by atoms with Crippen molar-refractivity contribution < 1.29 is 14.3 Å². The van der Waals surface area contributed by atoms with Crippen LogP contribution < -0.4 is 14.9 Å². The lowest BCUT2D eigenvalue weighted by molar-refractivity contribution is 0.0955. The molecule has 0 aliphatic heterocycles. The minimum atomic E-state index is -0.281. The largest absolute Gasteiger partial charge is 0.497 e. The topological polar surface area (TPSA) is 59.9 Å². The van der Waals surface area contributed by atoms with Crippen molar-refractivity contribution in [1.82, 2.24) is 5.43 Å². The molecule has 0 unspecified atom stereocenters. The van der Waals surface area contributed by atoms with E-state index in [1.165, 1.54) is 0 Å². The molecule has 0 heterocycles. The standard InChI is InChI=1S/C20H18N2O3/c1-24-16-10-7-14(8-11-16)20(23)22-21-13-15-9-12-19(25-2)18-6-4-3-5-17(15)18/h3-13H,1-2H3,(H,22,23). The minimum absolute atomic E-state index is 0.281. The summed E-state index contributed by atoms with van der Waals surface area (Å²) in [5.41, 5.74) is 3.94. The number of hydrogen-bond acceptors (Lipinski definition) is 4. The van der Waals surface area contributed by atoms with Crippen LogP contribution in [-0.4, -0.2) is 26.3 Å². The Morgan fingerprint density at radius 1 is 0.920 bits per heavy atom. The Balaban J connectivity index is 1.78. The van der Waals surface area contributed by atoms with Gasteiger partial charge in [-0.1, -0.05) is 24.3 Å². The van der Waals surface area contributed by atoms with E-state index in [-0.39, 0.29) is 5.91 Å². The lowest BCUT2D eigenvalue weighted by Crippen LogP contribution is -2.17. The molecule has 3 rings (SSSR count). The summed E-state index contributed by atoms with van der Waals surface area (Å²) in [5.74, 6) is 1.22. The number of hydrogen-bond donors (Lipinski definition) is 1. The number of fused-ring (bicyclic) bond motifs is 1. The predicted octanol–water partition coefficient (Wildman–Crippen LogP) is 3.62. The van der Waals surface area contributed by atoms with Gasteiger partial charge in [0.2, 0.25) is 0 Å². The second-order valence-corrected chi connectivity index (χ2v) is 5.33. The molecule has 1 N–H and O–H groups in total. The SMILES string of the molecule is COc1ccc(C(=O)NN=Cc2ccc(OC)c3ccccc23)cc1. The summed E-state index contributed by atoms with van der Waals surface area (Å²) in [6.07, 6.45) is 1.63. The first-order valence-corrected chi connectivity index (χ1v) is 7.76. The van der Waals surface area contributed by atoms with E-state index >= 15 is 0 Å². The lowest BCUT2D eigenvalue weighted by Gasteiger charge is -2.07. The number of carbonyl (C=O) groups excluding carboxylic acids is 1. The fraction of sp³-hybridized carbons (Fsp3) is 0.100. The van der Waals surface area contributed by atoms with Gasteiger partial charge in [0, 0.05) is 16.5 Å². The molecule has 0 fully saturated rings. The highest BCUT2D eigenvalue weighted by Gasteiger charge is 2.06. The summed E-state index contributed by atoms with van der Waals surface area (Å²) in [5, 5.41) is 6.07. The molecular weight excluding hydrogens is 316 g/mol. The first-order chi connectivity index (χ1) is 12.2. The molecule has 0 aliphatic carbocycles. The van der Waals surface area contributed by atoms with E-state index < -0.39 is 0 Å². The van der Waals surface area contributed by atoms with E-state index in [0.29, 0.717) is 11.3 Å². The summed E-state index contributed by atoms with van der Waals surface area (Å²) in [4.78, 5) is 12.1. The van der Waals surface area contributed by atoms with Crippen molar-refractivity contribution in [2.75, 3.05) is 14.2 Å². The molecule has 0 spiro atoms. The number of amides is 1. The molecule has 3 aromatic rings. The molecule has 0 radical (unpaired) electrons. The van der Waals surface area contributed by atoms with Crippen LogP contribution in [0.4, 0.5) is 0 Å². The third-order valence-corrected chi connectivity index (χ3v) is 3.86. The average molecular weight is 334 g/mol. The molecule has 0 aliphatic rings. The number of nitrogens with zero attached hydrogens (tertiary/aromatic N) is 1. The summed E-state index contributed by atoms with van der Waals surface area (Å²) < 4.78 is 10.5. The van der Waals surface area contributed by atoms with Gasteiger partial charge in [0.05, 0.1) is 20.4 Å². The van der Waals surface area contributed by atoms with Crippen LogP contribution in [0.25, 0.3) is 10.8 Å². The van der Waals surface area contributed by atoms with Crippen LogP contribution in [0.15, 0.2) is 65.8 Å². The van der Waals surface area contributed by atoms with Gasteiger partial charge in [-0.15, -0.1) is 0 Å². The third-order valence-electron chi connectivity index (χ3n) is 3.86. The number of ether oxygens (including phenoxy) is 2. The van der Waals surface area contributed by atoms with Crippen LogP contribution in [-0.2, 0) is 0 Å². The molecule has 0 atom stereocenters. The highest BCUT2D eigenvalue weighted by atomic mass is 16.5. The molecule has 25 heavy (non-hydrogen) atoms. The van der Waals surface area contributed by atoms with Gasteiger partial charge in [0.1, 0.15) is 11.5 Å². The second kappa shape index (κ2) is 7.49. The number of carbonyl (C=O) groups is 1. The maximum atomic E-state index is 12.1. The maximum Gasteiger partial charge on any atom is 0.271 e. The highest BCUT2D eigenvalue weighted by molar-refractivity contribution is 6.03.